The molecule has 0 radical (unpaired) electrons. The quantitative estimate of drug-likeness (QED) is 0.821. The van der Waals surface area contributed by atoms with Crippen LogP contribution in [0.2, 0.25) is 0 Å². The summed E-state index contributed by atoms with van der Waals surface area (Å²) in [6.45, 7) is 6.21. The molecular formula is C13H20BrNO3. The average Bonchev–Trinajstić information content (AvgIpc) is 2.58. The van der Waals surface area contributed by atoms with E-state index >= 15 is 0 Å². The molecule has 0 saturated carbocycles. The van der Waals surface area contributed by atoms with Gasteiger partial charge in [-0.1, -0.05) is 15.9 Å². The molecule has 1 aromatic rings. The van der Waals surface area contributed by atoms with Gasteiger partial charge in [-0.05, 0) is 27.2 Å². The Morgan fingerprint density at radius 3 is 2.50 bits per heavy atom. The lowest BCUT2D eigenvalue weighted by Gasteiger charge is -2.15. The first-order valence-electron chi connectivity index (χ1n) is 5.93. The third kappa shape index (κ3) is 3.59. The van der Waals surface area contributed by atoms with Crippen LogP contribution in [-0.2, 0) is 4.74 Å². The van der Waals surface area contributed by atoms with Gasteiger partial charge in [0.1, 0.15) is 11.5 Å². The van der Waals surface area contributed by atoms with Crippen LogP contribution in [0.1, 0.15) is 33.9 Å². The first kappa shape index (κ1) is 15.2. The fraction of sp³-hybridized carbons (Fsp3) is 0.615. The van der Waals surface area contributed by atoms with Gasteiger partial charge in [0, 0.05) is 30.7 Å². The summed E-state index contributed by atoms with van der Waals surface area (Å²) in [5.74, 6) is 1.38. The number of carbonyl (C=O) groups is 1. The van der Waals surface area contributed by atoms with Crippen molar-refractivity contribution in [3.05, 3.63) is 22.6 Å². The number of nitrogens with one attached hydrogen (secondary N) is 1. The Morgan fingerprint density at radius 1 is 1.39 bits per heavy atom. The number of methoxy groups -OCH3 is 1. The zero-order valence-electron chi connectivity index (χ0n) is 11.3. The lowest BCUT2D eigenvalue weighted by atomic mass is 10.1. The predicted molar refractivity (Wildman–Crippen MR) is 74.5 cm³/mol. The number of carbonyl (C=O) groups excluding carboxylic acids is 1. The maximum atomic E-state index is 12.2. The van der Waals surface area contributed by atoms with Gasteiger partial charge < -0.3 is 14.5 Å². The summed E-state index contributed by atoms with van der Waals surface area (Å²) >= 11 is 3.40. The van der Waals surface area contributed by atoms with Gasteiger partial charge in [0.05, 0.1) is 5.56 Å². The second-order valence-corrected chi connectivity index (χ2v) is 4.97. The van der Waals surface area contributed by atoms with Gasteiger partial charge in [0.2, 0.25) is 0 Å². The Kier molecular flexibility index (Phi) is 5.88. The van der Waals surface area contributed by atoms with Crippen molar-refractivity contribution < 1.29 is 13.9 Å². The molecule has 1 heterocycles. The first-order valence-corrected chi connectivity index (χ1v) is 7.05. The van der Waals surface area contributed by atoms with E-state index in [4.69, 9.17) is 9.15 Å². The van der Waals surface area contributed by atoms with Crippen LogP contribution in [0.3, 0.4) is 0 Å². The van der Waals surface area contributed by atoms with E-state index in [1.807, 2.05) is 20.8 Å². The summed E-state index contributed by atoms with van der Waals surface area (Å²) in [6, 6.07) is 0.0615. The van der Waals surface area contributed by atoms with E-state index in [0.29, 0.717) is 23.3 Å². The van der Waals surface area contributed by atoms with Gasteiger partial charge in [-0.15, -0.1) is 0 Å². The molecule has 4 nitrogen and oxygen atoms in total. The van der Waals surface area contributed by atoms with Crippen LogP contribution >= 0.6 is 15.9 Å². The highest BCUT2D eigenvalue weighted by atomic mass is 79.9. The molecule has 5 heteroatoms. The van der Waals surface area contributed by atoms with Crippen LogP contribution in [0.5, 0.6) is 0 Å². The third-order valence-corrected chi connectivity index (χ3v) is 3.76. The molecule has 1 unspecified atom stereocenters. The Morgan fingerprint density at radius 2 is 2.06 bits per heavy atom. The van der Waals surface area contributed by atoms with E-state index in [1.54, 1.807) is 7.11 Å². The van der Waals surface area contributed by atoms with Crippen LogP contribution in [0.15, 0.2) is 4.42 Å². The van der Waals surface area contributed by atoms with Crippen molar-refractivity contribution in [2.75, 3.05) is 19.0 Å². The maximum Gasteiger partial charge on any atom is 0.255 e. The summed E-state index contributed by atoms with van der Waals surface area (Å²) < 4.78 is 10.5. The largest absolute Gasteiger partial charge is 0.466 e. The number of alkyl halides is 1. The predicted octanol–water partition coefficient (Wildman–Crippen LogP) is 2.73. The molecule has 0 aliphatic carbocycles. The number of halogens is 1. The minimum Gasteiger partial charge on any atom is -0.466 e. The molecular weight excluding hydrogens is 298 g/mol. The number of amides is 1. The molecule has 1 atom stereocenters. The molecule has 0 saturated heterocycles. The van der Waals surface area contributed by atoms with Gasteiger partial charge in [-0.25, -0.2) is 0 Å². The molecule has 1 amide bonds. The fourth-order valence-electron chi connectivity index (χ4n) is 1.83. The van der Waals surface area contributed by atoms with Crippen molar-refractivity contribution >= 4 is 21.8 Å². The second kappa shape index (κ2) is 6.95. The van der Waals surface area contributed by atoms with Crippen LogP contribution < -0.4 is 5.32 Å². The highest BCUT2D eigenvalue weighted by Gasteiger charge is 2.20. The number of aryl methyl sites for hydroxylation is 2. The Hall–Kier alpha value is -0.810. The number of rotatable bonds is 6. The summed E-state index contributed by atoms with van der Waals surface area (Å²) in [7, 11) is 1.65. The van der Waals surface area contributed by atoms with E-state index in [2.05, 4.69) is 21.2 Å². The summed E-state index contributed by atoms with van der Waals surface area (Å²) in [5.41, 5.74) is 1.56. The van der Waals surface area contributed by atoms with Crippen LogP contribution in [0, 0.1) is 20.8 Å². The van der Waals surface area contributed by atoms with Crippen LogP contribution in [-0.4, -0.2) is 31.0 Å². The van der Waals surface area contributed by atoms with Crippen molar-refractivity contribution in [2.45, 2.75) is 33.2 Å². The SMILES string of the molecule is COCCC(CBr)NC(=O)c1c(C)oc(C)c1C. The van der Waals surface area contributed by atoms with Gasteiger partial charge in [0.15, 0.2) is 0 Å². The first-order chi connectivity index (χ1) is 8.51. The monoisotopic (exact) mass is 317 g/mol. The molecule has 0 aliphatic heterocycles. The minimum atomic E-state index is -0.0811. The normalized spacial score (nSPS) is 12.5. The zero-order valence-corrected chi connectivity index (χ0v) is 12.9. The summed E-state index contributed by atoms with van der Waals surface area (Å²) in [4.78, 5) is 12.2. The molecule has 0 aromatic carbocycles. The van der Waals surface area contributed by atoms with Crippen LogP contribution in [0.4, 0.5) is 0 Å². The standard InChI is InChI=1S/C13H20BrNO3/c1-8-9(2)18-10(3)12(8)13(16)15-11(7-14)5-6-17-4/h11H,5-7H2,1-4H3,(H,15,16). The van der Waals surface area contributed by atoms with Gasteiger partial charge in [0.25, 0.3) is 5.91 Å². The number of hydrogen-bond acceptors (Lipinski definition) is 3. The van der Waals surface area contributed by atoms with Gasteiger partial charge in [-0.2, -0.15) is 0 Å². The van der Waals surface area contributed by atoms with E-state index in [0.717, 1.165) is 17.7 Å². The van der Waals surface area contributed by atoms with Crippen molar-refractivity contribution in [1.29, 1.82) is 0 Å². The van der Waals surface area contributed by atoms with Crippen molar-refractivity contribution in [2.24, 2.45) is 0 Å². The summed E-state index contributed by atoms with van der Waals surface area (Å²) in [6.07, 6.45) is 0.780. The molecule has 0 fully saturated rings. The van der Waals surface area contributed by atoms with Crippen molar-refractivity contribution in [1.82, 2.24) is 5.32 Å². The van der Waals surface area contributed by atoms with E-state index in [9.17, 15) is 4.79 Å². The average molecular weight is 318 g/mol. The molecule has 1 N–H and O–H groups in total. The minimum absolute atomic E-state index is 0.0615. The van der Waals surface area contributed by atoms with Crippen LogP contribution in [0.25, 0.3) is 0 Å². The molecule has 0 aliphatic rings. The highest BCUT2D eigenvalue weighted by Crippen LogP contribution is 2.20. The second-order valence-electron chi connectivity index (χ2n) is 4.32. The summed E-state index contributed by atoms with van der Waals surface area (Å²) in [5, 5.41) is 3.69. The Bertz CT molecular complexity index is 415. The lowest BCUT2D eigenvalue weighted by molar-refractivity contribution is 0.0929. The fourth-order valence-corrected chi connectivity index (χ4v) is 2.32. The molecule has 0 spiro atoms. The lowest BCUT2D eigenvalue weighted by Crippen LogP contribution is -2.37. The van der Waals surface area contributed by atoms with Crippen molar-refractivity contribution in [3.63, 3.8) is 0 Å². The highest BCUT2D eigenvalue weighted by molar-refractivity contribution is 9.09. The number of ether oxygens (including phenoxy) is 1. The smallest absolute Gasteiger partial charge is 0.255 e. The molecule has 1 aromatic heterocycles. The topological polar surface area (TPSA) is 51.5 Å². The molecule has 18 heavy (non-hydrogen) atoms. The maximum absolute atomic E-state index is 12.2. The Balaban J connectivity index is 2.74. The van der Waals surface area contributed by atoms with Gasteiger partial charge in [-0.3, -0.25) is 4.79 Å². The number of furan rings is 1. The van der Waals surface area contributed by atoms with E-state index in [-0.39, 0.29) is 11.9 Å². The number of hydrogen-bond donors (Lipinski definition) is 1. The van der Waals surface area contributed by atoms with Crippen molar-refractivity contribution in [3.8, 4) is 0 Å². The molecule has 1 rings (SSSR count). The Labute approximate surface area is 116 Å². The van der Waals surface area contributed by atoms with E-state index in [1.165, 1.54) is 0 Å². The zero-order chi connectivity index (χ0) is 13.7. The van der Waals surface area contributed by atoms with E-state index < -0.39 is 0 Å². The third-order valence-electron chi connectivity index (χ3n) is 2.98. The molecule has 102 valence electrons. The molecule has 0 bridgehead atoms. The van der Waals surface area contributed by atoms with Gasteiger partial charge >= 0.3 is 0 Å².